The zero-order valence-electron chi connectivity index (χ0n) is 23.3. The topological polar surface area (TPSA) is 31.2 Å². The molecule has 0 saturated carbocycles. The highest BCUT2D eigenvalue weighted by molar-refractivity contribution is 5.82. The lowest BCUT2D eigenvalue weighted by Crippen LogP contribution is -2.09. The normalized spacial score (nSPS) is 10.7. The molecule has 0 aromatic heterocycles. The van der Waals surface area contributed by atoms with Crippen molar-refractivity contribution < 1.29 is 0 Å². The van der Waals surface area contributed by atoms with E-state index in [4.69, 9.17) is 0 Å². The Kier molecular flexibility index (Phi) is 10.0. The van der Waals surface area contributed by atoms with Gasteiger partial charge >= 0.3 is 0 Å². The molecule has 0 aliphatic heterocycles. The second-order valence-electron chi connectivity index (χ2n) is 9.28. The van der Waals surface area contributed by atoms with Crippen LogP contribution in [0.25, 0.3) is 0 Å². The van der Waals surface area contributed by atoms with Gasteiger partial charge in [-0.05, 0) is 59.7 Å². The quantitative estimate of drug-likeness (QED) is 0.141. The standard InChI is InChI=1S/2C19H16N2/c2*1-4-10-17(11-5-1)16-20-21(18-12-6-2-7-13-18)19-14-8-3-9-15-19/h2*1-16H/b2*20-16+. The van der Waals surface area contributed by atoms with Gasteiger partial charge < -0.3 is 0 Å². The third kappa shape index (κ3) is 8.13. The minimum absolute atomic E-state index is 1.04. The van der Waals surface area contributed by atoms with Gasteiger partial charge in [0.15, 0.2) is 0 Å². The van der Waals surface area contributed by atoms with Gasteiger partial charge in [0.05, 0.1) is 35.2 Å². The van der Waals surface area contributed by atoms with Crippen molar-refractivity contribution in [3.63, 3.8) is 0 Å². The van der Waals surface area contributed by atoms with E-state index in [0.717, 1.165) is 33.9 Å². The van der Waals surface area contributed by atoms with Crippen molar-refractivity contribution in [2.24, 2.45) is 10.2 Å². The molecule has 4 nitrogen and oxygen atoms in total. The maximum absolute atomic E-state index is 4.64. The Morgan fingerprint density at radius 3 is 0.738 bits per heavy atom. The number of benzene rings is 6. The fourth-order valence-corrected chi connectivity index (χ4v) is 4.17. The zero-order chi connectivity index (χ0) is 28.7. The molecule has 0 aliphatic rings. The van der Waals surface area contributed by atoms with E-state index in [9.17, 15) is 0 Å². The first-order valence-electron chi connectivity index (χ1n) is 13.9. The number of nitrogens with zero attached hydrogens (tertiary/aromatic N) is 4. The molecule has 0 bridgehead atoms. The molecule has 0 amide bonds. The highest BCUT2D eigenvalue weighted by Crippen LogP contribution is 2.26. The predicted octanol–water partition coefficient (Wildman–Crippen LogP) is 9.72. The molecule has 0 radical (unpaired) electrons. The molecule has 0 spiro atoms. The average molecular weight is 545 g/mol. The van der Waals surface area contributed by atoms with Crippen molar-refractivity contribution in [3.8, 4) is 0 Å². The molecule has 6 aromatic rings. The van der Waals surface area contributed by atoms with Crippen molar-refractivity contribution in [2.75, 3.05) is 10.0 Å². The molecule has 0 N–H and O–H groups in total. The highest BCUT2D eigenvalue weighted by atomic mass is 15.5. The first-order chi connectivity index (χ1) is 20.9. The van der Waals surface area contributed by atoms with E-state index in [1.807, 2.05) is 156 Å². The molecular formula is C38H32N4. The first-order valence-corrected chi connectivity index (χ1v) is 13.9. The third-order valence-corrected chi connectivity index (χ3v) is 6.25. The van der Waals surface area contributed by atoms with E-state index in [1.165, 1.54) is 0 Å². The Labute approximate surface area is 248 Å². The number of anilines is 4. The monoisotopic (exact) mass is 544 g/mol. The summed E-state index contributed by atoms with van der Waals surface area (Å²) >= 11 is 0. The zero-order valence-corrected chi connectivity index (χ0v) is 23.3. The number of rotatable bonds is 8. The summed E-state index contributed by atoms with van der Waals surface area (Å²) < 4.78 is 0. The molecule has 0 atom stereocenters. The Morgan fingerprint density at radius 1 is 0.286 bits per heavy atom. The number of hydrogen-bond acceptors (Lipinski definition) is 4. The van der Waals surface area contributed by atoms with Crippen LogP contribution in [-0.2, 0) is 0 Å². The summed E-state index contributed by atoms with van der Waals surface area (Å²) in [5, 5.41) is 13.2. The number of hydrogen-bond donors (Lipinski definition) is 0. The summed E-state index contributed by atoms with van der Waals surface area (Å²) in [6.45, 7) is 0. The van der Waals surface area contributed by atoms with Gasteiger partial charge in [0.25, 0.3) is 0 Å². The van der Waals surface area contributed by atoms with Gasteiger partial charge in [-0.25, -0.2) is 10.0 Å². The Balaban J connectivity index is 0.000000168. The average Bonchev–Trinajstić information content (AvgIpc) is 3.08. The summed E-state index contributed by atoms with van der Waals surface area (Å²) in [4.78, 5) is 0. The van der Waals surface area contributed by atoms with Crippen molar-refractivity contribution in [2.45, 2.75) is 0 Å². The van der Waals surface area contributed by atoms with Gasteiger partial charge in [0.1, 0.15) is 0 Å². The molecule has 204 valence electrons. The highest BCUT2D eigenvalue weighted by Gasteiger charge is 2.07. The van der Waals surface area contributed by atoms with E-state index in [1.54, 1.807) is 0 Å². The minimum Gasteiger partial charge on any atom is -0.234 e. The van der Waals surface area contributed by atoms with Crippen LogP contribution >= 0.6 is 0 Å². The number of para-hydroxylation sites is 4. The van der Waals surface area contributed by atoms with E-state index < -0.39 is 0 Å². The lowest BCUT2D eigenvalue weighted by atomic mass is 10.2. The van der Waals surface area contributed by atoms with Gasteiger partial charge in [-0.15, -0.1) is 0 Å². The maximum atomic E-state index is 4.64. The van der Waals surface area contributed by atoms with Crippen molar-refractivity contribution in [1.82, 2.24) is 0 Å². The van der Waals surface area contributed by atoms with Crippen LogP contribution in [0.5, 0.6) is 0 Å². The largest absolute Gasteiger partial charge is 0.234 e. The summed E-state index contributed by atoms with van der Waals surface area (Å²) in [5.74, 6) is 0. The van der Waals surface area contributed by atoms with Crippen LogP contribution in [0.2, 0.25) is 0 Å². The van der Waals surface area contributed by atoms with Crippen LogP contribution in [-0.4, -0.2) is 12.4 Å². The van der Waals surface area contributed by atoms with Crippen molar-refractivity contribution >= 4 is 35.2 Å². The van der Waals surface area contributed by atoms with Gasteiger partial charge in [-0.1, -0.05) is 133 Å². The van der Waals surface area contributed by atoms with E-state index in [2.05, 4.69) is 58.7 Å². The van der Waals surface area contributed by atoms with Crippen LogP contribution in [0.4, 0.5) is 22.7 Å². The van der Waals surface area contributed by atoms with Crippen LogP contribution in [0.1, 0.15) is 11.1 Å². The smallest absolute Gasteiger partial charge is 0.0652 e. The molecule has 6 aromatic carbocycles. The van der Waals surface area contributed by atoms with Crippen molar-refractivity contribution in [1.29, 1.82) is 0 Å². The second kappa shape index (κ2) is 15.2. The summed E-state index contributed by atoms with van der Waals surface area (Å²) in [7, 11) is 0. The Hall–Kier alpha value is -5.74. The predicted molar refractivity (Wildman–Crippen MR) is 178 cm³/mol. The van der Waals surface area contributed by atoms with Gasteiger partial charge in [-0.3, -0.25) is 0 Å². The molecule has 0 heterocycles. The van der Waals surface area contributed by atoms with E-state index in [-0.39, 0.29) is 0 Å². The van der Waals surface area contributed by atoms with E-state index in [0.29, 0.717) is 0 Å². The fourth-order valence-electron chi connectivity index (χ4n) is 4.17. The molecule has 0 saturated heterocycles. The van der Waals surface area contributed by atoms with Crippen LogP contribution in [0.15, 0.2) is 192 Å². The lowest BCUT2D eigenvalue weighted by Gasteiger charge is -2.19. The number of hydrazone groups is 2. The molecule has 0 aliphatic carbocycles. The Morgan fingerprint density at radius 2 is 0.500 bits per heavy atom. The lowest BCUT2D eigenvalue weighted by molar-refractivity contribution is 1.09. The molecule has 4 heteroatoms. The summed E-state index contributed by atoms with van der Waals surface area (Å²) in [6.07, 6.45) is 3.75. The summed E-state index contributed by atoms with van der Waals surface area (Å²) in [6, 6.07) is 60.8. The maximum Gasteiger partial charge on any atom is 0.0652 e. The van der Waals surface area contributed by atoms with Crippen molar-refractivity contribution in [3.05, 3.63) is 193 Å². The van der Waals surface area contributed by atoms with Crippen LogP contribution < -0.4 is 10.0 Å². The van der Waals surface area contributed by atoms with Crippen LogP contribution in [0.3, 0.4) is 0 Å². The molecule has 0 unspecified atom stereocenters. The van der Waals surface area contributed by atoms with Gasteiger partial charge in [0.2, 0.25) is 0 Å². The van der Waals surface area contributed by atoms with E-state index >= 15 is 0 Å². The van der Waals surface area contributed by atoms with Gasteiger partial charge in [-0.2, -0.15) is 10.2 Å². The third-order valence-electron chi connectivity index (χ3n) is 6.25. The molecule has 6 rings (SSSR count). The summed E-state index contributed by atoms with van der Waals surface area (Å²) in [5.41, 5.74) is 6.31. The van der Waals surface area contributed by atoms with Gasteiger partial charge in [0, 0.05) is 0 Å². The molecular weight excluding hydrogens is 512 g/mol. The minimum atomic E-state index is 1.04. The fraction of sp³-hybridized carbons (Fsp3) is 0. The first kappa shape index (κ1) is 27.8. The molecule has 0 fully saturated rings. The molecule has 42 heavy (non-hydrogen) atoms. The van der Waals surface area contributed by atoms with Crippen LogP contribution in [0, 0.1) is 0 Å². The SMILES string of the molecule is C(=N\N(c1ccccc1)c1ccccc1)/c1ccccc1.C(=N\N(c1ccccc1)c1ccccc1)/c1ccccc1. The Bertz CT molecular complexity index is 1430. The second-order valence-corrected chi connectivity index (χ2v) is 9.28.